The van der Waals surface area contributed by atoms with Crippen molar-refractivity contribution in [3.63, 3.8) is 0 Å². The van der Waals surface area contributed by atoms with Crippen molar-refractivity contribution in [1.29, 1.82) is 0 Å². The standard InChI is InChI=1S/C11H18N2O/c1-14-12-9-10-5-4-8-13-7-3-2-6-11(10)13/h4,8-11H,2-3,5-7H2,1H3/b12-9+/t10-,11+/m0/s1. The fourth-order valence-corrected chi connectivity index (χ4v) is 2.43. The van der Waals surface area contributed by atoms with Crippen molar-refractivity contribution in [2.75, 3.05) is 13.7 Å². The van der Waals surface area contributed by atoms with Gasteiger partial charge in [0.25, 0.3) is 0 Å². The molecule has 0 unspecified atom stereocenters. The van der Waals surface area contributed by atoms with Gasteiger partial charge in [0.2, 0.25) is 0 Å². The number of allylic oxidation sites excluding steroid dienone is 1. The summed E-state index contributed by atoms with van der Waals surface area (Å²) in [6.45, 7) is 1.21. The first-order valence-electron chi connectivity index (χ1n) is 5.41. The predicted molar refractivity (Wildman–Crippen MR) is 57.1 cm³/mol. The Morgan fingerprint density at radius 3 is 3.29 bits per heavy atom. The normalized spacial score (nSPS) is 31.9. The zero-order valence-electron chi connectivity index (χ0n) is 8.72. The van der Waals surface area contributed by atoms with Crippen LogP contribution in [0.1, 0.15) is 25.7 Å². The predicted octanol–water partition coefficient (Wildman–Crippen LogP) is 2.01. The van der Waals surface area contributed by atoms with E-state index in [4.69, 9.17) is 4.84 Å². The Hall–Kier alpha value is -0.990. The maximum Gasteiger partial charge on any atom is 0.106 e. The van der Waals surface area contributed by atoms with Gasteiger partial charge in [-0.1, -0.05) is 11.2 Å². The number of fused-ring (bicyclic) bond motifs is 1. The average Bonchev–Trinajstić information content (AvgIpc) is 2.26. The Bertz CT molecular complexity index is 237. The van der Waals surface area contributed by atoms with E-state index >= 15 is 0 Å². The van der Waals surface area contributed by atoms with Crippen LogP contribution in [0.2, 0.25) is 0 Å². The quantitative estimate of drug-likeness (QED) is 0.496. The number of hydrogen-bond acceptors (Lipinski definition) is 3. The molecule has 3 nitrogen and oxygen atoms in total. The summed E-state index contributed by atoms with van der Waals surface area (Å²) in [6, 6.07) is 0.660. The lowest BCUT2D eigenvalue weighted by Crippen LogP contribution is -2.43. The van der Waals surface area contributed by atoms with Crippen LogP contribution < -0.4 is 0 Å². The molecule has 2 aliphatic rings. The van der Waals surface area contributed by atoms with Crippen LogP contribution in [0.15, 0.2) is 17.4 Å². The molecular weight excluding hydrogens is 176 g/mol. The maximum absolute atomic E-state index is 4.75. The Morgan fingerprint density at radius 2 is 2.43 bits per heavy atom. The largest absolute Gasteiger partial charge is 0.399 e. The molecule has 0 saturated carbocycles. The highest BCUT2D eigenvalue weighted by Gasteiger charge is 2.28. The van der Waals surface area contributed by atoms with Crippen LogP contribution in [0.3, 0.4) is 0 Å². The maximum atomic E-state index is 4.75. The van der Waals surface area contributed by atoms with Crippen LogP contribution in [-0.4, -0.2) is 30.8 Å². The highest BCUT2D eigenvalue weighted by molar-refractivity contribution is 5.61. The summed E-state index contributed by atoms with van der Waals surface area (Å²) < 4.78 is 0. The Labute approximate surface area is 85.4 Å². The molecule has 0 aromatic carbocycles. The van der Waals surface area contributed by atoms with E-state index in [1.807, 2.05) is 6.21 Å². The van der Waals surface area contributed by atoms with Gasteiger partial charge in [-0.2, -0.15) is 0 Å². The molecule has 2 aliphatic heterocycles. The van der Waals surface area contributed by atoms with Crippen LogP contribution >= 0.6 is 0 Å². The first-order valence-corrected chi connectivity index (χ1v) is 5.41. The van der Waals surface area contributed by atoms with Gasteiger partial charge in [0, 0.05) is 24.7 Å². The van der Waals surface area contributed by atoms with E-state index in [0.29, 0.717) is 12.0 Å². The van der Waals surface area contributed by atoms with E-state index in [2.05, 4.69) is 22.3 Å². The average molecular weight is 194 g/mol. The molecule has 0 spiro atoms. The Kier molecular flexibility index (Phi) is 3.07. The highest BCUT2D eigenvalue weighted by atomic mass is 16.6. The third-order valence-electron chi connectivity index (χ3n) is 3.15. The first kappa shape index (κ1) is 9.56. The van der Waals surface area contributed by atoms with Gasteiger partial charge in [-0.3, -0.25) is 0 Å². The fraction of sp³-hybridized carbons (Fsp3) is 0.727. The second-order valence-electron chi connectivity index (χ2n) is 4.02. The van der Waals surface area contributed by atoms with E-state index in [1.165, 1.54) is 25.8 Å². The van der Waals surface area contributed by atoms with Crippen molar-refractivity contribution in [1.82, 2.24) is 4.90 Å². The van der Waals surface area contributed by atoms with Crippen LogP contribution in [-0.2, 0) is 4.84 Å². The minimum absolute atomic E-state index is 0.542. The van der Waals surface area contributed by atoms with Gasteiger partial charge < -0.3 is 9.74 Å². The summed E-state index contributed by atoms with van der Waals surface area (Å²) in [5.74, 6) is 0.542. The molecule has 0 aromatic rings. The summed E-state index contributed by atoms with van der Waals surface area (Å²) in [7, 11) is 1.60. The monoisotopic (exact) mass is 194 g/mol. The number of oxime groups is 1. The minimum atomic E-state index is 0.542. The number of nitrogens with zero attached hydrogens (tertiary/aromatic N) is 2. The van der Waals surface area contributed by atoms with E-state index in [1.54, 1.807) is 7.11 Å². The lowest BCUT2D eigenvalue weighted by atomic mass is 9.87. The van der Waals surface area contributed by atoms with Crippen molar-refractivity contribution in [2.45, 2.75) is 31.7 Å². The van der Waals surface area contributed by atoms with Crippen molar-refractivity contribution < 1.29 is 4.84 Å². The fourth-order valence-electron chi connectivity index (χ4n) is 2.43. The molecule has 2 heterocycles. The second kappa shape index (κ2) is 4.49. The lowest BCUT2D eigenvalue weighted by Gasteiger charge is -2.40. The molecule has 0 aromatic heterocycles. The molecule has 0 radical (unpaired) electrons. The van der Waals surface area contributed by atoms with E-state index in [9.17, 15) is 0 Å². The molecular formula is C11H18N2O. The molecule has 1 fully saturated rings. The molecule has 2 rings (SSSR count). The topological polar surface area (TPSA) is 24.8 Å². The number of piperidine rings is 1. The van der Waals surface area contributed by atoms with Gasteiger partial charge in [0.15, 0.2) is 0 Å². The smallest absolute Gasteiger partial charge is 0.106 e. The summed E-state index contributed by atoms with van der Waals surface area (Å²) in [5.41, 5.74) is 0. The van der Waals surface area contributed by atoms with Gasteiger partial charge in [-0.05, 0) is 31.9 Å². The molecule has 2 atom stereocenters. The number of rotatable bonds is 2. The van der Waals surface area contributed by atoms with Gasteiger partial charge >= 0.3 is 0 Å². The molecule has 14 heavy (non-hydrogen) atoms. The van der Waals surface area contributed by atoms with Crippen LogP contribution in [0, 0.1) is 5.92 Å². The first-order chi connectivity index (χ1) is 6.92. The van der Waals surface area contributed by atoms with Crippen molar-refractivity contribution in [3.8, 4) is 0 Å². The van der Waals surface area contributed by atoms with Gasteiger partial charge in [0.05, 0.1) is 0 Å². The summed E-state index contributed by atoms with van der Waals surface area (Å²) in [6.07, 6.45) is 11.5. The van der Waals surface area contributed by atoms with Gasteiger partial charge in [0.1, 0.15) is 7.11 Å². The Morgan fingerprint density at radius 1 is 1.50 bits per heavy atom. The SMILES string of the molecule is CO/N=C/[C@@H]1CC=CN2CCCC[C@H]12. The third kappa shape index (κ3) is 1.91. The molecule has 1 saturated heterocycles. The Balaban J connectivity index is 2.03. The molecule has 3 heteroatoms. The van der Waals surface area contributed by atoms with Crippen LogP contribution in [0.5, 0.6) is 0 Å². The van der Waals surface area contributed by atoms with E-state index in [-0.39, 0.29) is 0 Å². The molecule has 0 bridgehead atoms. The van der Waals surface area contributed by atoms with E-state index in [0.717, 1.165) is 6.42 Å². The van der Waals surface area contributed by atoms with Crippen molar-refractivity contribution in [2.24, 2.45) is 11.1 Å². The molecule has 78 valence electrons. The summed E-state index contributed by atoms with van der Waals surface area (Å²) in [4.78, 5) is 7.21. The van der Waals surface area contributed by atoms with E-state index < -0.39 is 0 Å². The third-order valence-corrected chi connectivity index (χ3v) is 3.15. The van der Waals surface area contributed by atoms with Crippen molar-refractivity contribution in [3.05, 3.63) is 12.3 Å². The second-order valence-corrected chi connectivity index (χ2v) is 4.02. The zero-order chi connectivity index (χ0) is 9.80. The zero-order valence-corrected chi connectivity index (χ0v) is 8.72. The van der Waals surface area contributed by atoms with Crippen molar-refractivity contribution >= 4 is 6.21 Å². The van der Waals surface area contributed by atoms with Crippen LogP contribution in [0.4, 0.5) is 0 Å². The highest BCUT2D eigenvalue weighted by Crippen LogP contribution is 2.28. The molecule has 0 aliphatic carbocycles. The van der Waals surface area contributed by atoms with Gasteiger partial charge in [-0.15, -0.1) is 0 Å². The minimum Gasteiger partial charge on any atom is -0.399 e. The van der Waals surface area contributed by atoms with Gasteiger partial charge in [-0.25, -0.2) is 0 Å². The summed E-state index contributed by atoms with van der Waals surface area (Å²) >= 11 is 0. The summed E-state index contributed by atoms with van der Waals surface area (Å²) in [5, 5.41) is 3.90. The number of hydrogen-bond donors (Lipinski definition) is 0. The molecule has 0 N–H and O–H groups in total. The molecule has 0 amide bonds. The lowest BCUT2D eigenvalue weighted by molar-refractivity contribution is 0.164. The van der Waals surface area contributed by atoms with Crippen LogP contribution in [0.25, 0.3) is 0 Å².